The molecule has 0 saturated carbocycles. The van der Waals surface area contributed by atoms with Crippen LogP contribution in [-0.4, -0.2) is 18.3 Å². The number of anilines is 1. The van der Waals surface area contributed by atoms with Gasteiger partial charge in [-0.15, -0.1) is 0 Å². The van der Waals surface area contributed by atoms with E-state index >= 15 is 0 Å². The van der Waals surface area contributed by atoms with E-state index in [0.717, 1.165) is 59.8 Å². The van der Waals surface area contributed by atoms with Gasteiger partial charge < -0.3 is 20.5 Å². The number of nitrogen functional groups attached to an aromatic ring is 1. The molecular formula is C19H20N4O2. The number of nitrogens with one attached hydrogen (secondary N) is 1. The Kier molecular flexibility index (Phi) is 3.94. The fourth-order valence-corrected chi connectivity index (χ4v) is 3.72. The first-order chi connectivity index (χ1) is 12.2. The molecule has 0 spiro atoms. The van der Waals surface area contributed by atoms with Crippen molar-refractivity contribution < 1.29 is 9.47 Å². The Hall–Kier alpha value is -2.78. The zero-order chi connectivity index (χ0) is 17.4. The molecule has 1 aromatic carbocycles. The molecule has 6 nitrogen and oxygen atoms in total. The Morgan fingerprint density at radius 3 is 3.04 bits per heavy atom. The van der Waals surface area contributed by atoms with E-state index in [2.05, 4.69) is 23.3 Å². The molecule has 6 heteroatoms. The zero-order valence-electron chi connectivity index (χ0n) is 14.1. The summed E-state index contributed by atoms with van der Waals surface area (Å²) in [6.07, 6.45) is 1.64. The van der Waals surface area contributed by atoms with Crippen LogP contribution in [0.2, 0.25) is 0 Å². The molecule has 128 valence electrons. The SMILES string of the molecule is CC(Cc1ccc2c(c1)OCO2)c1c(C#N)c(N)nc2c1CNCC2. The van der Waals surface area contributed by atoms with Gasteiger partial charge in [0.25, 0.3) is 0 Å². The Balaban J connectivity index is 1.71. The number of nitriles is 1. The van der Waals surface area contributed by atoms with E-state index in [1.165, 1.54) is 0 Å². The summed E-state index contributed by atoms with van der Waals surface area (Å²) < 4.78 is 10.8. The van der Waals surface area contributed by atoms with Gasteiger partial charge in [-0.05, 0) is 41.2 Å². The third kappa shape index (κ3) is 2.77. The first-order valence-electron chi connectivity index (χ1n) is 8.48. The summed E-state index contributed by atoms with van der Waals surface area (Å²) in [5.74, 6) is 2.05. The molecule has 3 heterocycles. The number of nitrogens with zero attached hydrogens (tertiary/aromatic N) is 2. The van der Waals surface area contributed by atoms with Crippen LogP contribution in [0.25, 0.3) is 0 Å². The normalized spacial score (nSPS) is 16.2. The first-order valence-corrected chi connectivity index (χ1v) is 8.48. The highest BCUT2D eigenvalue weighted by molar-refractivity contribution is 5.59. The van der Waals surface area contributed by atoms with Crippen molar-refractivity contribution in [2.75, 3.05) is 19.1 Å². The van der Waals surface area contributed by atoms with E-state index in [1.54, 1.807) is 0 Å². The van der Waals surface area contributed by atoms with Crippen LogP contribution in [0.4, 0.5) is 5.82 Å². The molecular weight excluding hydrogens is 316 g/mol. The van der Waals surface area contributed by atoms with Crippen molar-refractivity contribution in [3.63, 3.8) is 0 Å². The Morgan fingerprint density at radius 1 is 1.36 bits per heavy atom. The van der Waals surface area contributed by atoms with E-state index in [9.17, 15) is 5.26 Å². The summed E-state index contributed by atoms with van der Waals surface area (Å²) >= 11 is 0. The van der Waals surface area contributed by atoms with Crippen LogP contribution in [0.15, 0.2) is 18.2 Å². The monoisotopic (exact) mass is 336 g/mol. The van der Waals surface area contributed by atoms with Crippen LogP contribution in [0, 0.1) is 11.3 Å². The number of aromatic nitrogens is 1. The van der Waals surface area contributed by atoms with Gasteiger partial charge in [-0.3, -0.25) is 0 Å². The average molecular weight is 336 g/mol. The topological polar surface area (TPSA) is 93.2 Å². The number of rotatable bonds is 3. The average Bonchev–Trinajstić information content (AvgIpc) is 3.08. The molecule has 0 aliphatic carbocycles. The van der Waals surface area contributed by atoms with Crippen molar-refractivity contribution in [3.8, 4) is 17.6 Å². The highest BCUT2D eigenvalue weighted by Gasteiger charge is 2.25. The van der Waals surface area contributed by atoms with Crippen molar-refractivity contribution in [2.45, 2.75) is 32.2 Å². The standard InChI is InChI=1S/C19H20N4O2/c1-11(6-12-2-3-16-17(7-12)25-10-24-16)18-13(8-20)19(21)23-15-4-5-22-9-14(15)18/h2-3,7,11,22H,4-6,9-10H2,1H3,(H2,21,23). The molecule has 0 saturated heterocycles. The van der Waals surface area contributed by atoms with Crippen LogP contribution >= 0.6 is 0 Å². The van der Waals surface area contributed by atoms with Gasteiger partial charge in [-0.1, -0.05) is 13.0 Å². The molecule has 1 atom stereocenters. The second-order valence-corrected chi connectivity index (χ2v) is 6.54. The van der Waals surface area contributed by atoms with Crippen molar-refractivity contribution >= 4 is 5.82 Å². The Bertz CT molecular complexity index is 873. The fourth-order valence-electron chi connectivity index (χ4n) is 3.72. The van der Waals surface area contributed by atoms with Crippen LogP contribution in [-0.2, 0) is 19.4 Å². The van der Waals surface area contributed by atoms with Gasteiger partial charge in [-0.25, -0.2) is 4.98 Å². The maximum Gasteiger partial charge on any atom is 0.231 e. The van der Waals surface area contributed by atoms with E-state index in [-0.39, 0.29) is 12.7 Å². The van der Waals surface area contributed by atoms with Crippen molar-refractivity contribution in [2.24, 2.45) is 0 Å². The number of hydrogen-bond donors (Lipinski definition) is 2. The highest BCUT2D eigenvalue weighted by Crippen LogP contribution is 2.36. The van der Waals surface area contributed by atoms with Crippen molar-refractivity contribution in [3.05, 3.63) is 46.1 Å². The van der Waals surface area contributed by atoms with E-state index < -0.39 is 0 Å². The minimum atomic E-state index is 0.147. The van der Waals surface area contributed by atoms with Crippen LogP contribution in [0.5, 0.6) is 11.5 Å². The maximum absolute atomic E-state index is 9.62. The fraction of sp³-hybridized carbons (Fsp3) is 0.368. The molecule has 2 aromatic rings. The van der Waals surface area contributed by atoms with Crippen molar-refractivity contribution in [1.82, 2.24) is 10.3 Å². The van der Waals surface area contributed by atoms with Crippen LogP contribution in [0.1, 0.15) is 40.8 Å². The van der Waals surface area contributed by atoms with Gasteiger partial charge in [0.05, 0.1) is 5.56 Å². The smallest absolute Gasteiger partial charge is 0.231 e. The number of pyridine rings is 1. The third-order valence-electron chi connectivity index (χ3n) is 4.88. The molecule has 25 heavy (non-hydrogen) atoms. The van der Waals surface area contributed by atoms with Crippen LogP contribution < -0.4 is 20.5 Å². The second kappa shape index (κ2) is 6.26. The summed E-state index contributed by atoms with van der Waals surface area (Å²) in [6, 6.07) is 8.26. The summed E-state index contributed by atoms with van der Waals surface area (Å²) in [6.45, 7) is 4.03. The van der Waals surface area contributed by atoms with Gasteiger partial charge in [0.15, 0.2) is 11.5 Å². The van der Waals surface area contributed by atoms with Gasteiger partial charge >= 0.3 is 0 Å². The number of benzene rings is 1. The van der Waals surface area contributed by atoms with Gasteiger partial charge in [0.2, 0.25) is 6.79 Å². The van der Waals surface area contributed by atoms with E-state index in [0.29, 0.717) is 11.4 Å². The molecule has 1 aromatic heterocycles. The van der Waals surface area contributed by atoms with Gasteiger partial charge in [-0.2, -0.15) is 5.26 Å². The van der Waals surface area contributed by atoms with Crippen molar-refractivity contribution in [1.29, 1.82) is 5.26 Å². The number of ether oxygens (including phenoxy) is 2. The largest absolute Gasteiger partial charge is 0.454 e. The molecule has 4 rings (SSSR count). The minimum absolute atomic E-state index is 0.147. The molecule has 3 N–H and O–H groups in total. The lowest BCUT2D eigenvalue weighted by molar-refractivity contribution is 0.174. The zero-order valence-corrected chi connectivity index (χ0v) is 14.1. The predicted molar refractivity (Wildman–Crippen MR) is 93.5 cm³/mol. The molecule has 2 aliphatic rings. The molecule has 0 fully saturated rings. The summed E-state index contributed by atoms with van der Waals surface area (Å²) in [7, 11) is 0. The number of hydrogen-bond acceptors (Lipinski definition) is 6. The van der Waals surface area contributed by atoms with Crippen LogP contribution in [0.3, 0.4) is 0 Å². The lowest BCUT2D eigenvalue weighted by Gasteiger charge is -2.25. The number of fused-ring (bicyclic) bond motifs is 2. The van der Waals surface area contributed by atoms with E-state index in [4.69, 9.17) is 15.2 Å². The quantitative estimate of drug-likeness (QED) is 0.893. The Labute approximate surface area is 146 Å². The van der Waals surface area contributed by atoms with E-state index in [1.807, 2.05) is 18.2 Å². The summed E-state index contributed by atoms with van der Waals surface area (Å²) in [5, 5.41) is 13.0. The third-order valence-corrected chi connectivity index (χ3v) is 4.88. The highest BCUT2D eigenvalue weighted by atomic mass is 16.7. The maximum atomic E-state index is 9.62. The van der Waals surface area contributed by atoms with Gasteiger partial charge in [0, 0.05) is 25.2 Å². The summed E-state index contributed by atoms with van der Waals surface area (Å²) in [4.78, 5) is 4.46. The molecule has 0 amide bonds. The number of nitrogens with two attached hydrogens (primary N) is 1. The summed E-state index contributed by atoms with van der Waals surface area (Å²) in [5.41, 5.74) is 10.9. The Morgan fingerprint density at radius 2 is 2.20 bits per heavy atom. The lowest BCUT2D eigenvalue weighted by Crippen LogP contribution is -2.27. The molecule has 2 aliphatic heterocycles. The molecule has 0 bridgehead atoms. The van der Waals surface area contributed by atoms with Gasteiger partial charge in [0.1, 0.15) is 11.9 Å². The first kappa shape index (κ1) is 15.7. The molecule has 1 unspecified atom stereocenters. The molecule has 0 radical (unpaired) electrons. The second-order valence-electron chi connectivity index (χ2n) is 6.54. The minimum Gasteiger partial charge on any atom is -0.454 e. The lowest BCUT2D eigenvalue weighted by atomic mass is 9.85. The predicted octanol–water partition coefficient (Wildman–Crippen LogP) is 2.26.